The van der Waals surface area contributed by atoms with Crippen LogP contribution in [0.25, 0.3) is 0 Å². The van der Waals surface area contributed by atoms with Crippen molar-refractivity contribution in [2.24, 2.45) is 0 Å². The zero-order chi connectivity index (χ0) is 12.2. The molecule has 1 aromatic heterocycles. The molecule has 0 amide bonds. The summed E-state index contributed by atoms with van der Waals surface area (Å²) in [4.78, 5) is 13.7. The SMILES string of the molecule is c1cc(N2CCCC2)nc(N2CCCOCC2)n1. The van der Waals surface area contributed by atoms with E-state index < -0.39 is 0 Å². The molecule has 5 nitrogen and oxygen atoms in total. The standard InChI is InChI=1S/C13H20N4O/c1-2-7-16(6-1)12-4-5-14-13(15-12)17-8-3-10-18-11-9-17/h4-5H,1-3,6-11H2. The third-order valence-corrected chi connectivity index (χ3v) is 3.56. The van der Waals surface area contributed by atoms with Crippen LogP contribution in [0.3, 0.4) is 0 Å². The van der Waals surface area contributed by atoms with E-state index in [4.69, 9.17) is 9.72 Å². The summed E-state index contributed by atoms with van der Waals surface area (Å²) in [6, 6.07) is 2.02. The zero-order valence-electron chi connectivity index (χ0n) is 10.7. The molecule has 0 spiro atoms. The molecular formula is C13H20N4O. The van der Waals surface area contributed by atoms with E-state index in [2.05, 4.69) is 14.8 Å². The summed E-state index contributed by atoms with van der Waals surface area (Å²) in [6.45, 7) is 5.76. The maximum Gasteiger partial charge on any atom is 0.227 e. The molecule has 2 aliphatic heterocycles. The molecule has 0 aliphatic carbocycles. The number of hydrogen-bond acceptors (Lipinski definition) is 5. The first-order valence-corrected chi connectivity index (χ1v) is 6.84. The van der Waals surface area contributed by atoms with E-state index in [1.165, 1.54) is 12.8 Å². The monoisotopic (exact) mass is 248 g/mol. The predicted octanol–water partition coefficient (Wildman–Crippen LogP) is 1.30. The van der Waals surface area contributed by atoms with Gasteiger partial charge in [-0.3, -0.25) is 0 Å². The Morgan fingerprint density at radius 1 is 0.944 bits per heavy atom. The highest BCUT2D eigenvalue weighted by Gasteiger charge is 2.17. The Morgan fingerprint density at radius 2 is 1.78 bits per heavy atom. The Balaban J connectivity index is 1.76. The summed E-state index contributed by atoms with van der Waals surface area (Å²) in [5.41, 5.74) is 0. The van der Waals surface area contributed by atoms with Crippen LogP contribution in [0.4, 0.5) is 11.8 Å². The fourth-order valence-corrected chi connectivity index (χ4v) is 2.56. The van der Waals surface area contributed by atoms with E-state index >= 15 is 0 Å². The summed E-state index contributed by atoms with van der Waals surface area (Å²) < 4.78 is 5.47. The van der Waals surface area contributed by atoms with Crippen molar-refractivity contribution in [1.82, 2.24) is 9.97 Å². The topological polar surface area (TPSA) is 41.5 Å². The first kappa shape index (κ1) is 11.7. The molecule has 0 N–H and O–H groups in total. The molecular weight excluding hydrogens is 228 g/mol. The van der Waals surface area contributed by atoms with Crippen LogP contribution < -0.4 is 9.80 Å². The summed E-state index contributed by atoms with van der Waals surface area (Å²) in [6.07, 6.45) is 5.48. The highest BCUT2D eigenvalue weighted by molar-refractivity contribution is 5.44. The molecule has 98 valence electrons. The fourth-order valence-electron chi connectivity index (χ4n) is 2.56. The van der Waals surface area contributed by atoms with Gasteiger partial charge in [0.05, 0.1) is 6.61 Å². The smallest absolute Gasteiger partial charge is 0.227 e. The van der Waals surface area contributed by atoms with Crippen LogP contribution in [0.1, 0.15) is 19.3 Å². The molecule has 2 aliphatic rings. The fraction of sp³-hybridized carbons (Fsp3) is 0.692. The molecule has 2 fully saturated rings. The van der Waals surface area contributed by atoms with Crippen LogP contribution in [-0.2, 0) is 4.74 Å². The third-order valence-electron chi connectivity index (χ3n) is 3.56. The quantitative estimate of drug-likeness (QED) is 0.789. The maximum atomic E-state index is 5.47. The van der Waals surface area contributed by atoms with Gasteiger partial charge in [0.1, 0.15) is 5.82 Å². The molecule has 1 aromatic rings. The lowest BCUT2D eigenvalue weighted by Gasteiger charge is -2.22. The van der Waals surface area contributed by atoms with Crippen LogP contribution in [-0.4, -0.2) is 49.4 Å². The molecule has 5 heteroatoms. The average molecular weight is 248 g/mol. The van der Waals surface area contributed by atoms with Crippen LogP contribution in [0, 0.1) is 0 Å². The van der Waals surface area contributed by atoms with Crippen LogP contribution in [0.5, 0.6) is 0 Å². The molecule has 3 rings (SSSR count). The first-order valence-electron chi connectivity index (χ1n) is 6.84. The number of hydrogen-bond donors (Lipinski definition) is 0. The van der Waals surface area contributed by atoms with Crippen LogP contribution in [0.15, 0.2) is 12.3 Å². The van der Waals surface area contributed by atoms with Gasteiger partial charge in [-0.2, -0.15) is 4.98 Å². The van der Waals surface area contributed by atoms with Crippen molar-refractivity contribution < 1.29 is 4.74 Å². The van der Waals surface area contributed by atoms with Gasteiger partial charge in [0.25, 0.3) is 0 Å². The minimum absolute atomic E-state index is 0.775. The number of rotatable bonds is 2. The Morgan fingerprint density at radius 3 is 2.67 bits per heavy atom. The minimum atomic E-state index is 0.775. The van der Waals surface area contributed by atoms with Gasteiger partial charge in [-0.25, -0.2) is 4.98 Å². The van der Waals surface area contributed by atoms with Crippen molar-refractivity contribution >= 4 is 11.8 Å². The lowest BCUT2D eigenvalue weighted by atomic mass is 10.4. The van der Waals surface area contributed by atoms with Crippen LogP contribution >= 0.6 is 0 Å². The Hall–Kier alpha value is -1.36. The molecule has 0 aromatic carbocycles. The van der Waals surface area contributed by atoms with E-state index in [0.29, 0.717) is 0 Å². The van der Waals surface area contributed by atoms with Gasteiger partial charge in [0, 0.05) is 39.0 Å². The Labute approximate surface area is 108 Å². The van der Waals surface area contributed by atoms with E-state index in [-0.39, 0.29) is 0 Å². The first-order chi connectivity index (χ1) is 8.93. The van der Waals surface area contributed by atoms with Gasteiger partial charge >= 0.3 is 0 Å². The molecule has 18 heavy (non-hydrogen) atoms. The predicted molar refractivity (Wildman–Crippen MR) is 71.1 cm³/mol. The molecule has 0 saturated carbocycles. The highest BCUT2D eigenvalue weighted by atomic mass is 16.5. The maximum absolute atomic E-state index is 5.47. The summed E-state index contributed by atoms with van der Waals surface area (Å²) in [5.74, 6) is 1.92. The number of anilines is 2. The lowest BCUT2D eigenvalue weighted by Crippen LogP contribution is -2.29. The molecule has 2 saturated heterocycles. The molecule has 0 atom stereocenters. The van der Waals surface area contributed by atoms with Gasteiger partial charge in [-0.1, -0.05) is 0 Å². The van der Waals surface area contributed by atoms with Crippen molar-refractivity contribution in [2.45, 2.75) is 19.3 Å². The number of nitrogens with zero attached hydrogens (tertiary/aromatic N) is 4. The normalized spacial score (nSPS) is 21.1. The van der Waals surface area contributed by atoms with E-state index in [1.54, 1.807) is 0 Å². The Kier molecular flexibility index (Phi) is 3.59. The van der Waals surface area contributed by atoms with E-state index in [0.717, 1.165) is 57.6 Å². The number of ether oxygens (including phenoxy) is 1. The third kappa shape index (κ3) is 2.56. The zero-order valence-corrected chi connectivity index (χ0v) is 10.7. The molecule has 0 unspecified atom stereocenters. The molecule has 0 bridgehead atoms. The summed E-state index contributed by atoms with van der Waals surface area (Å²) in [7, 11) is 0. The van der Waals surface area contributed by atoms with Gasteiger partial charge in [-0.15, -0.1) is 0 Å². The summed E-state index contributed by atoms with van der Waals surface area (Å²) in [5, 5.41) is 0. The highest BCUT2D eigenvalue weighted by Crippen LogP contribution is 2.20. The molecule has 0 radical (unpaired) electrons. The van der Waals surface area contributed by atoms with Crippen molar-refractivity contribution in [3.8, 4) is 0 Å². The van der Waals surface area contributed by atoms with Gasteiger partial charge in [-0.05, 0) is 25.3 Å². The minimum Gasteiger partial charge on any atom is -0.380 e. The largest absolute Gasteiger partial charge is 0.380 e. The van der Waals surface area contributed by atoms with E-state index in [9.17, 15) is 0 Å². The second kappa shape index (κ2) is 5.52. The van der Waals surface area contributed by atoms with E-state index in [1.807, 2.05) is 12.3 Å². The Bertz CT molecular complexity index is 384. The summed E-state index contributed by atoms with van der Waals surface area (Å²) >= 11 is 0. The van der Waals surface area contributed by atoms with Gasteiger partial charge < -0.3 is 14.5 Å². The van der Waals surface area contributed by atoms with Crippen molar-refractivity contribution in [3.63, 3.8) is 0 Å². The second-order valence-corrected chi connectivity index (χ2v) is 4.86. The lowest BCUT2D eigenvalue weighted by molar-refractivity contribution is 0.152. The van der Waals surface area contributed by atoms with Crippen LogP contribution in [0.2, 0.25) is 0 Å². The molecule has 3 heterocycles. The van der Waals surface area contributed by atoms with Crippen molar-refractivity contribution in [1.29, 1.82) is 0 Å². The van der Waals surface area contributed by atoms with Crippen molar-refractivity contribution in [2.75, 3.05) is 49.2 Å². The van der Waals surface area contributed by atoms with Crippen molar-refractivity contribution in [3.05, 3.63) is 12.3 Å². The van der Waals surface area contributed by atoms with Gasteiger partial charge in [0.2, 0.25) is 5.95 Å². The number of aromatic nitrogens is 2. The van der Waals surface area contributed by atoms with Gasteiger partial charge in [0.15, 0.2) is 0 Å². The second-order valence-electron chi connectivity index (χ2n) is 4.86. The average Bonchev–Trinajstić information content (AvgIpc) is 2.82.